The third-order valence-electron chi connectivity index (χ3n) is 2.85. The van der Waals surface area contributed by atoms with Gasteiger partial charge in [-0.2, -0.15) is 0 Å². The summed E-state index contributed by atoms with van der Waals surface area (Å²) in [6, 6.07) is 4.38. The Morgan fingerprint density at radius 2 is 2.24 bits per heavy atom. The molecule has 1 amide bonds. The number of amides is 1. The van der Waals surface area contributed by atoms with Crippen LogP contribution in [0.2, 0.25) is 5.02 Å². The molecule has 1 saturated carbocycles. The number of hydrogen-bond acceptors (Lipinski definition) is 3. The first-order chi connectivity index (χ1) is 8.00. The highest BCUT2D eigenvalue weighted by atomic mass is 35.5. The third-order valence-corrected chi connectivity index (χ3v) is 3.24. The molecule has 1 aliphatic rings. The number of rotatable bonds is 3. The molecule has 1 N–H and O–H groups in total. The second-order valence-corrected chi connectivity index (χ2v) is 4.57. The van der Waals surface area contributed by atoms with Gasteiger partial charge in [-0.25, -0.2) is 0 Å². The highest BCUT2D eigenvalue weighted by Crippen LogP contribution is 2.31. The molecule has 0 spiro atoms. The van der Waals surface area contributed by atoms with Gasteiger partial charge in [-0.05, 0) is 18.4 Å². The van der Waals surface area contributed by atoms with Crippen LogP contribution in [0.4, 0.5) is 5.69 Å². The molecule has 6 heteroatoms. The predicted octanol–water partition coefficient (Wildman–Crippen LogP) is 2.39. The normalized spacial score (nSPS) is 22.0. The molecule has 2 unspecified atom stereocenters. The van der Waals surface area contributed by atoms with Crippen molar-refractivity contribution in [3.63, 3.8) is 0 Å². The van der Waals surface area contributed by atoms with Gasteiger partial charge in [-0.15, -0.1) is 0 Å². The quantitative estimate of drug-likeness (QED) is 0.665. The van der Waals surface area contributed by atoms with Gasteiger partial charge in [-0.1, -0.05) is 24.6 Å². The average molecular weight is 255 g/mol. The molecule has 1 aromatic carbocycles. The Kier molecular flexibility index (Phi) is 3.02. The van der Waals surface area contributed by atoms with Crippen molar-refractivity contribution in [2.75, 3.05) is 0 Å². The van der Waals surface area contributed by atoms with Crippen LogP contribution in [-0.2, 0) is 0 Å². The molecule has 1 aromatic rings. The fraction of sp³-hybridized carbons (Fsp3) is 0.364. The molecule has 17 heavy (non-hydrogen) atoms. The number of benzene rings is 1. The Labute approximate surface area is 103 Å². The molecule has 2 atom stereocenters. The molecule has 0 aliphatic heterocycles. The smallest absolute Gasteiger partial charge is 0.288 e. The second kappa shape index (κ2) is 4.33. The van der Waals surface area contributed by atoms with Gasteiger partial charge < -0.3 is 5.32 Å². The van der Waals surface area contributed by atoms with Gasteiger partial charge in [0.1, 0.15) is 5.02 Å². The summed E-state index contributed by atoms with van der Waals surface area (Å²) in [6.45, 7) is 2.03. The number of nitrogens with one attached hydrogen (secondary N) is 1. The van der Waals surface area contributed by atoms with Crippen LogP contribution >= 0.6 is 11.6 Å². The topological polar surface area (TPSA) is 72.2 Å². The van der Waals surface area contributed by atoms with Crippen molar-refractivity contribution >= 4 is 23.2 Å². The van der Waals surface area contributed by atoms with Gasteiger partial charge in [0.15, 0.2) is 0 Å². The molecule has 0 radical (unpaired) electrons. The fourth-order valence-corrected chi connectivity index (χ4v) is 1.89. The van der Waals surface area contributed by atoms with Gasteiger partial charge >= 0.3 is 0 Å². The van der Waals surface area contributed by atoms with E-state index in [1.807, 2.05) is 6.92 Å². The summed E-state index contributed by atoms with van der Waals surface area (Å²) < 4.78 is 0. The first-order valence-electron chi connectivity index (χ1n) is 5.24. The molecular weight excluding hydrogens is 244 g/mol. The SMILES string of the molecule is CC1CC1NC(=O)c1cccc([N+](=O)[O-])c1Cl. The number of nitro groups is 1. The monoisotopic (exact) mass is 254 g/mol. The second-order valence-electron chi connectivity index (χ2n) is 4.19. The van der Waals surface area contributed by atoms with E-state index in [1.54, 1.807) is 0 Å². The maximum absolute atomic E-state index is 11.8. The molecule has 2 rings (SSSR count). The van der Waals surface area contributed by atoms with Crippen LogP contribution in [-0.4, -0.2) is 16.9 Å². The van der Waals surface area contributed by atoms with E-state index in [0.29, 0.717) is 5.92 Å². The Hall–Kier alpha value is -1.62. The van der Waals surface area contributed by atoms with Gasteiger partial charge in [-0.3, -0.25) is 14.9 Å². The van der Waals surface area contributed by atoms with Crippen molar-refractivity contribution in [3.8, 4) is 0 Å². The molecule has 1 aliphatic carbocycles. The van der Waals surface area contributed by atoms with Crippen LogP contribution < -0.4 is 5.32 Å². The summed E-state index contributed by atoms with van der Waals surface area (Å²) in [5.41, 5.74) is -0.0943. The lowest BCUT2D eigenvalue weighted by Gasteiger charge is -2.05. The first-order valence-corrected chi connectivity index (χ1v) is 5.62. The zero-order valence-electron chi connectivity index (χ0n) is 9.14. The summed E-state index contributed by atoms with van der Waals surface area (Å²) in [5, 5.41) is 13.3. The minimum atomic E-state index is -0.598. The van der Waals surface area contributed by atoms with Crippen LogP contribution in [0.15, 0.2) is 18.2 Å². The van der Waals surface area contributed by atoms with E-state index in [-0.39, 0.29) is 28.2 Å². The van der Waals surface area contributed by atoms with E-state index in [1.165, 1.54) is 18.2 Å². The summed E-state index contributed by atoms with van der Waals surface area (Å²) in [6.07, 6.45) is 0.943. The van der Waals surface area contributed by atoms with Crippen LogP contribution in [0.25, 0.3) is 0 Å². The lowest BCUT2D eigenvalue weighted by Crippen LogP contribution is -2.26. The molecule has 0 saturated heterocycles. The number of nitrogens with zero attached hydrogens (tertiary/aromatic N) is 1. The van der Waals surface area contributed by atoms with E-state index in [2.05, 4.69) is 5.32 Å². The van der Waals surface area contributed by atoms with Crippen molar-refractivity contribution < 1.29 is 9.72 Å². The molecule has 0 aromatic heterocycles. The Bertz CT molecular complexity index is 490. The maximum atomic E-state index is 11.8. The van der Waals surface area contributed by atoms with Gasteiger partial charge in [0.25, 0.3) is 11.6 Å². The highest BCUT2D eigenvalue weighted by molar-refractivity contribution is 6.35. The third kappa shape index (κ3) is 2.39. The van der Waals surface area contributed by atoms with Gasteiger partial charge in [0, 0.05) is 12.1 Å². The maximum Gasteiger partial charge on any atom is 0.288 e. The molecule has 0 heterocycles. The van der Waals surface area contributed by atoms with E-state index in [9.17, 15) is 14.9 Å². The highest BCUT2D eigenvalue weighted by Gasteiger charge is 2.34. The zero-order valence-corrected chi connectivity index (χ0v) is 9.90. The summed E-state index contributed by atoms with van der Waals surface area (Å²) in [5.74, 6) is 0.115. The lowest BCUT2D eigenvalue weighted by molar-refractivity contribution is -0.384. The largest absolute Gasteiger partial charge is 0.349 e. The fourth-order valence-electron chi connectivity index (χ4n) is 1.61. The van der Waals surface area contributed by atoms with Gasteiger partial charge in [0.2, 0.25) is 0 Å². The Balaban J connectivity index is 2.23. The van der Waals surface area contributed by atoms with Crippen LogP contribution in [0.5, 0.6) is 0 Å². The van der Waals surface area contributed by atoms with Crippen molar-refractivity contribution in [2.24, 2.45) is 5.92 Å². The molecule has 0 bridgehead atoms. The zero-order chi connectivity index (χ0) is 12.6. The number of carbonyl (C=O) groups is 1. The number of carbonyl (C=O) groups excluding carboxylic acids is 1. The first kappa shape index (κ1) is 11.9. The summed E-state index contributed by atoms with van der Waals surface area (Å²) in [7, 11) is 0. The summed E-state index contributed by atoms with van der Waals surface area (Å²) in [4.78, 5) is 21.9. The van der Waals surface area contributed by atoms with Gasteiger partial charge in [0.05, 0.1) is 10.5 Å². The van der Waals surface area contributed by atoms with Crippen LogP contribution in [0, 0.1) is 16.0 Å². The van der Waals surface area contributed by atoms with Crippen molar-refractivity contribution in [1.82, 2.24) is 5.32 Å². The predicted molar refractivity (Wildman–Crippen MR) is 63.1 cm³/mol. The van der Waals surface area contributed by atoms with Crippen LogP contribution in [0.1, 0.15) is 23.7 Å². The van der Waals surface area contributed by atoms with E-state index < -0.39 is 4.92 Å². The Morgan fingerprint density at radius 3 is 2.76 bits per heavy atom. The van der Waals surface area contributed by atoms with Crippen molar-refractivity contribution in [2.45, 2.75) is 19.4 Å². The van der Waals surface area contributed by atoms with Crippen molar-refractivity contribution in [1.29, 1.82) is 0 Å². The number of hydrogen-bond donors (Lipinski definition) is 1. The number of nitro benzene ring substituents is 1. The minimum Gasteiger partial charge on any atom is -0.349 e. The lowest BCUT2D eigenvalue weighted by atomic mass is 10.2. The molecule has 5 nitrogen and oxygen atoms in total. The average Bonchev–Trinajstić information content (AvgIpc) is 2.93. The molecule has 1 fully saturated rings. The van der Waals surface area contributed by atoms with E-state index in [0.717, 1.165) is 6.42 Å². The molecule has 90 valence electrons. The summed E-state index contributed by atoms with van der Waals surface area (Å²) >= 11 is 5.84. The minimum absolute atomic E-state index is 0.108. The Morgan fingerprint density at radius 1 is 1.59 bits per heavy atom. The van der Waals surface area contributed by atoms with Crippen molar-refractivity contribution in [3.05, 3.63) is 38.9 Å². The molecular formula is C11H11ClN2O3. The van der Waals surface area contributed by atoms with Crippen LogP contribution in [0.3, 0.4) is 0 Å². The van der Waals surface area contributed by atoms with E-state index >= 15 is 0 Å². The number of halogens is 1. The standard InChI is InChI=1S/C11H11ClN2O3/c1-6-5-8(6)13-11(15)7-3-2-4-9(10(7)12)14(16)17/h2-4,6,8H,5H2,1H3,(H,13,15). The van der Waals surface area contributed by atoms with E-state index in [4.69, 9.17) is 11.6 Å².